The second-order valence-corrected chi connectivity index (χ2v) is 3.39. The van der Waals surface area contributed by atoms with Crippen molar-refractivity contribution in [2.24, 2.45) is 0 Å². The molecule has 0 saturated carbocycles. The molecular weight excluding hydrogens is 204 g/mol. The van der Waals surface area contributed by atoms with Gasteiger partial charge in [0.25, 0.3) is 0 Å². The number of carbonyl (C=O) groups is 1. The number of carboxylic acid groups (broad SMARTS) is 1. The van der Waals surface area contributed by atoms with Crippen LogP contribution in [0.25, 0.3) is 11.6 Å². The van der Waals surface area contributed by atoms with Gasteiger partial charge >= 0.3 is 5.97 Å². The van der Waals surface area contributed by atoms with E-state index in [1.54, 1.807) is 0 Å². The average molecular weight is 216 g/mol. The molecule has 0 bridgehead atoms. The van der Waals surface area contributed by atoms with E-state index in [1.807, 2.05) is 35.7 Å². The molecule has 0 aliphatic carbocycles. The fourth-order valence-corrected chi connectivity index (χ4v) is 1.65. The topological polar surface area (TPSA) is 54.6 Å². The lowest BCUT2D eigenvalue weighted by Gasteiger charge is -1.95. The Morgan fingerprint density at radius 3 is 3.06 bits per heavy atom. The van der Waals surface area contributed by atoms with Crippen LogP contribution < -0.4 is 0 Å². The quantitative estimate of drug-likeness (QED) is 0.798. The van der Waals surface area contributed by atoms with Crippen molar-refractivity contribution in [2.75, 3.05) is 0 Å². The van der Waals surface area contributed by atoms with Gasteiger partial charge in [-0.05, 0) is 18.2 Å². The van der Waals surface area contributed by atoms with Crippen LogP contribution >= 0.6 is 0 Å². The van der Waals surface area contributed by atoms with Gasteiger partial charge in [-0.25, -0.2) is 9.78 Å². The SMILES string of the molecule is CCc1nc(/C=C/C(=O)O)c2ccccn12. The van der Waals surface area contributed by atoms with E-state index in [4.69, 9.17) is 5.11 Å². The van der Waals surface area contributed by atoms with Crippen molar-refractivity contribution in [3.63, 3.8) is 0 Å². The Balaban J connectivity index is 2.57. The predicted molar refractivity (Wildman–Crippen MR) is 61.2 cm³/mol. The van der Waals surface area contributed by atoms with Crippen molar-refractivity contribution in [1.82, 2.24) is 9.38 Å². The third kappa shape index (κ3) is 1.82. The third-order valence-electron chi connectivity index (χ3n) is 2.35. The maximum absolute atomic E-state index is 10.5. The van der Waals surface area contributed by atoms with Gasteiger partial charge in [0.1, 0.15) is 5.82 Å². The van der Waals surface area contributed by atoms with Crippen molar-refractivity contribution < 1.29 is 9.90 Å². The summed E-state index contributed by atoms with van der Waals surface area (Å²) in [6, 6.07) is 5.76. The van der Waals surface area contributed by atoms with Crippen LogP contribution in [-0.4, -0.2) is 20.5 Å². The Labute approximate surface area is 92.9 Å². The highest BCUT2D eigenvalue weighted by atomic mass is 16.4. The molecule has 16 heavy (non-hydrogen) atoms. The summed E-state index contributed by atoms with van der Waals surface area (Å²) < 4.78 is 1.97. The fraction of sp³-hybridized carbons (Fsp3) is 0.167. The number of pyridine rings is 1. The molecule has 4 heteroatoms. The zero-order valence-electron chi connectivity index (χ0n) is 8.92. The molecule has 4 nitrogen and oxygen atoms in total. The summed E-state index contributed by atoms with van der Waals surface area (Å²) in [6.45, 7) is 2.02. The standard InChI is InChI=1S/C12H12N2O2/c1-2-11-13-9(6-7-12(15)16)10-5-3-4-8-14(10)11/h3-8H,2H2,1H3,(H,15,16)/b7-6+. The van der Waals surface area contributed by atoms with Gasteiger partial charge in [0.15, 0.2) is 0 Å². The number of hydrogen-bond acceptors (Lipinski definition) is 2. The Hall–Kier alpha value is -2.10. The van der Waals surface area contributed by atoms with E-state index in [0.717, 1.165) is 23.8 Å². The van der Waals surface area contributed by atoms with Crippen LogP contribution in [0.2, 0.25) is 0 Å². The molecule has 0 radical (unpaired) electrons. The van der Waals surface area contributed by atoms with E-state index in [0.29, 0.717) is 5.69 Å². The first-order chi connectivity index (χ1) is 7.72. The molecule has 0 aliphatic rings. The van der Waals surface area contributed by atoms with E-state index in [1.165, 1.54) is 6.08 Å². The average Bonchev–Trinajstić information content (AvgIpc) is 2.65. The molecule has 0 fully saturated rings. The molecule has 2 rings (SSSR count). The van der Waals surface area contributed by atoms with Crippen molar-refractivity contribution in [2.45, 2.75) is 13.3 Å². The Bertz CT molecular complexity index is 555. The molecule has 2 aromatic rings. The van der Waals surface area contributed by atoms with Crippen LogP contribution in [-0.2, 0) is 11.2 Å². The van der Waals surface area contributed by atoms with Crippen LogP contribution in [0.1, 0.15) is 18.4 Å². The van der Waals surface area contributed by atoms with Crippen LogP contribution in [0.5, 0.6) is 0 Å². The van der Waals surface area contributed by atoms with Gasteiger partial charge in [-0.15, -0.1) is 0 Å². The first-order valence-electron chi connectivity index (χ1n) is 5.09. The maximum atomic E-state index is 10.5. The number of nitrogens with zero attached hydrogens (tertiary/aromatic N) is 2. The minimum Gasteiger partial charge on any atom is -0.478 e. The molecule has 0 atom stereocenters. The summed E-state index contributed by atoms with van der Waals surface area (Å²) in [5.41, 5.74) is 1.62. The molecule has 0 saturated heterocycles. The second kappa shape index (κ2) is 4.18. The summed E-state index contributed by atoms with van der Waals surface area (Å²) in [7, 11) is 0. The first-order valence-corrected chi connectivity index (χ1v) is 5.09. The molecule has 0 unspecified atom stereocenters. The molecular formula is C12H12N2O2. The van der Waals surface area contributed by atoms with E-state index in [9.17, 15) is 4.79 Å². The lowest BCUT2D eigenvalue weighted by Crippen LogP contribution is -1.90. The number of fused-ring (bicyclic) bond motifs is 1. The fourth-order valence-electron chi connectivity index (χ4n) is 1.65. The minimum atomic E-state index is -0.963. The number of aromatic nitrogens is 2. The van der Waals surface area contributed by atoms with Crippen molar-refractivity contribution in [3.05, 3.63) is 42.0 Å². The summed E-state index contributed by atoms with van der Waals surface area (Å²) >= 11 is 0. The zero-order chi connectivity index (χ0) is 11.5. The van der Waals surface area contributed by atoms with Gasteiger partial charge < -0.3 is 9.51 Å². The van der Waals surface area contributed by atoms with Gasteiger partial charge in [0.2, 0.25) is 0 Å². The van der Waals surface area contributed by atoms with E-state index in [-0.39, 0.29) is 0 Å². The monoisotopic (exact) mass is 216 g/mol. The molecule has 2 aromatic heterocycles. The number of aryl methyl sites for hydroxylation is 1. The minimum absolute atomic E-state index is 0.694. The van der Waals surface area contributed by atoms with Crippen molar-refractivity contribution in [3.8, 4) is 0 Å². The second-order valence-electron chi connectivity index (χ2n) is 3.39. The predicted octanol–water partition coefficient (Wildman–Crippen LogP) is 1.99. The van der Waals surface area contributed by atoms with Crippen LogP contribution in [0.15, 0.2) is 30.5 Å². The maximum Gasteiger partial charge on any atom is 0.328 e. The highest BCUT2D eigenvalue weighted by molar-refractivity contribution is 5.86. The number of hydrogen-bond donors (Lipinski definition) is 1. The van der Waals surface area contributed by atoms with Crippen LogP contribution in [0.4, 0.5) is 0 Å². The highest BCUT2D eigenvalue weighted by Crippen LogP contribution is 2.14. The summed E-state index contributed by atoms with van der Waals surface area (Å²) in [5, 5.41) is 8.59. The van der Waals surface area contributed by atoms with E-state index < -0.39 is 5.97 Å². The summed E-state index contributed by atoms with van der Waals surface area (Å²) in [5.74, 6) is -0.0317. The Kier molecular flexibility index (Phi) is 2.72. The number of aliphatic carboxylic acids is 1. The molecule has 0 aromatic carbocycles. The van der Waals surface area contributed by atoms with Gasteiger partial charge in [-0.2, -0.15) is 0 Å². The lowest BCUT2D eigenvalue weighted by atomic mass is 10.3. The highest BCUT2D eigenvalue weighted by Gasteiger charge is 2.06. The summed E-state index contributed by atoms with van der Waals surface area (Å²) in [6.07, 6.45) is 5.37. The van der Waals surface area contributed by atoms with E-state index >= 15 is 0 Å². The van der Waals surface area contributed by atoms with Crippen molar-refractivity contribution in [1.29, 1.82) is 0 Å². The zero-order valence-corrected chi connectivity index (χ0v) is 8.92. The Morgan fingerprint density at radius 1 is 1.56 bits per heavy atom. The number of imidazole rings is 1. The van der Waals surface area contributed by atoms with Gasteiger partial charge in [-0.3, -0.25) is 0 Å². The largest absolute Gasteiger partial charge is 0.478 e. The van der Waals surface area contributed by atoms with E-state index in [2.05, 4.69) is 4.98 Å². The first kappa shape index (κ1) is 10.4. The van der Waals surface area contributed by atoms with Gasteiger partial charge in [-0.1, -0.05) is 13.0 Å². The van der Waals surface area contributed by atoms with Crippen LogP contribution in [0, 0.1) is 0 Å². The molecule has 0 amide bonds. The number of rotatable bonds is 3. The number of carboxylic acids is 1. The molecule has 0 aliphatic heterocycles. The molecule has 82 valence electrons. The molecule has 0 spiro atoms. The summed E-state index contributed by atoms with van der Waals surface area (Å²) in [4.78, 5) is 14.9. The lowest BCUT2D eigenvalue weighted by molar-refractivity contribution is -0.131. The molecule has 2 heterocycles. The van der Waals surface area contributed by atoms with Gasteiger partial charge in [0, 0.05) is 18.7 Å². The third-order valence-corrected chi connectivity index (χ3v) is 2.35. The van der Waals surface area contributed by atoms with Crippen molar-refractivity contribution >= 4 is 17.6 Å². The Morgan fingerprint density at radius 2 is 2.38 bits per heavy atom. The smallest absolute Gasteiger partial charge is 0.328 e. The normalized spacial score (nSPS) is 11.3. The van der Waals surface area contributed by atoms with Crippen LogP contribution in [0.3, 0.4) is 0 Å². The van der Waals surface area contributed by atoms with Gasteiger partial charge in [0.05, 0.1) is 11.2 Å². The molecule has 1 N–H and O–H groups in total.